The quantitative estimate of drug-likeness (QED) is 0.679. The number of H-pyrrole nitrogens is 1. The number of halogens is 2. The summed E-state index contributed by atoms with van der Waals surface area (Å²) in [6.45, 7) is 0. The number of nitrogens with one attached hydrogen (secondary N) is 3. The molecule has 0 saturated heterocycles. The van der Waals surface area contributed by atoms with Crippen molar-refractivity contribution in [3.8, 4) is 0 Å². The van der Waals surface area contributed by atoms with Gasteiger partial charge >= 0.3 is 0 Å². The molecule has 2 heterocycles. The van der Waals surface area contributed by atoms with Crippen molar-refractivity contribution in [3.63, 3.8) is 0 Å². The molecule has 1 aromatic carbocycles. The Balaban J connectivity index is 1.87. The molecule has 1 aromatic heterocycles. The molecule has 2 aromatic rings. The Bertz CT molecular complexity index is 686. The molecule has 104 valence electrons. The smallest absolute Gasteiger partial charge is 0.274 e. The van der Waals surface area contributed by atoms with E-state index >= 15 is 0 Å². The number of carbonyl (C=O) groups is 1. The molecule has 1 aliphatic heterocycles. The highest BCUT2D eigenvalue weighted by molar-refractivity contribution is 6.42. The summed E-state index contributed by atoms with van der Waals surface area (Å²) < 4.78 is 0. The second kappa shape index (κ2) is 4.66. The second-order valence-electron chi connectivity index (χ2n) is 4.60. The molecule has 6 nitrogen and oxygen atoms in total. The van der Waals surface area contributed by atoms with Gasteiger partial charge in [0.05, 0.1) is 16.4 Å². The van der Waals surface area contributed by atoms with Crippen molar-refractivity contribution in [2.24, 2.45) is 5.73 Å². The minimum atomic E-state index is -1.13. The molecule has 1 amide bonds. The van der Waals surface area contributed by atoms with Crippen LogP contribution in [0, 0.1) is 0 Å². The van der Waals surface area contributed by atoms with Crippen LogP contribution in [0.25, 0.3) is 0 Å². The van der Waals surface area contributed by atoms with Gasteiger partial charge in [-0.3, -0.25) is 10.5 Å². The number of nitrogens with zero attached hydrogens (tertiary/aromatic N) is 1. The SMILES string of the molecule is NC1(Cc2ccc(Cl)c(Cl)c2)NC(=O)c2[nH]cnc2N1. The number of amides is 1. The fourth-order valence-corrected chi connectivity index (χ4v) is 2.45. The maximum Gasteiger partial charge on any atom is 0.274 e. The zero-order valence-electron chi connectivity index (χ0n) is 10.2. The number of hydrogen-bond acceptors (Lipinski definition) is 4. The van der Waals surface area contributed by atoms with Gasteiger partial charge in [-0.05, 0) is 17.7 Å². The minimum Gasteiger partial charge on any atom is -0.339 e. The number of fused-ring (bicyclic) bond motifs is 1. The van der Waals surface area contributed by atoms with Gasteiger partial charge in [-0.2, -0.15) is 0 Å². The van der Waals surface area contributed by atoms with Gasteiger partial charge in [-0.25, -0.2) is 4.98 Å². The number of carbonyl (C=O) groups excluding carboxylic acids is 1. The van der Waals surface area contributed by atoms with Crippen LogP contribution in [0.2, 0.25) is 10.0 Å². The van der Waals surface area contributed by atoms with E-state index < -0.39 is 5.79 Å². The number of anilines is 1. The lowest BCUT2D eigenvalue weighted by Gasteiger charge is -2.35. The highest BCUT2D eigenvalue weighted by Crippen LogP contribution is 2.25. The molecule has 20 heavy (non-hydrogen) atoms. The molecule has 0 fully saturated rings. The Morgan fingerprint density at radius 2 is 2.05 bits per heavy atom. The van der Waals surface area contributed by atoms with E-state index in [0.717, 1.165) is 5.56 Å². The standard InChI is InChI=1S/C12H11Cl2N5O/c13-7-2-1-6(3-8(7)14)4-12(15)18-10-9(11(20)19-12)16-5-17-10/h1-3,5,18H,4,15H2,(H,16,17)(H,19,20). The Kier molecular flexibility index (Phi) is 3.08. The molecular weight excluding hydrogens is 301 g/mol. The molecule has 0 spiro atoms. The van der Waals surface area contributed by atoms with Crippen molar-refractivity contribution in [1.29, 1.82) is 0 Å². The Hall–Kier alpha value is -1.76. The van der Waals surface area contributed by atoms with E-state index in [9.17, 15) is 4.79 Å². The summed E-state index contributed by atoms with van der Waals surface area (Å²) in [5.74, 6) is -1.01. The van der Waals surface area contributed by atoms with Crippen LogP contribution in [0.5, 0.6) is 0 Å². The fourth-order valence-electron chi connectivity index (χ4n) is 2.13. The molecule has 1 unspecified atom stereocenters. The maximum atomic E-state index is 11.9. The first-order valence-electron chi connectivity index (χ1n) is 5.84. The molecule has 8 heteroatoms. The van der Waals surface area contributed by atoms with Crippen LogP contribution in [-0.2, 0) is 6.42 Å². The third-order valence-corrected chi connectivity index (χ3v) is 3.75. The summed E-state index contributed by atoms with van der Waals surface area (Å²) in [7, 11) is 0. The predicted octanol–water partition coefficient (Wildman–Crippen LogP) is 1.73. The Morgan fingerprint density at radius 3 is 2.80 bits per heavy atom. The van der Waals surface area contributed by atoms with Gasteiger partial charge in [0.25, 0.3) is 5.91 Å². The normalized spacial score (nSPS) is 21.1. The zero-order valence-corrected chi connectivity index (χ0v) is 11.7. The molecule has 5 N–H and O–H groups in total. The minimum absolute atomic E-state index is 0.307. The van der Waals surface area contributed by atoms with Crippen molar-refractivity contribution >= 4 is 34.9 Å². The van der Waals surface area contributed by atoms with Crippen LogP contribution >= 0.6 is 23.2 Å². The average molecular weight is 312 g/mol. The highest BCUT2D eigenvalue weighted by Gasteiger charge is 2.35. The van der Waals surface area contributed by atoms with Crippen LogP contribution in [0.4, 0.5) is 5.82 Å². The first-order chi connectivity index (χ1) is 9.47. The zero-order chi connectivity index (χ0) is 14.3. The molecule has 1 aliphatic rings. The number of benzene rings is 1. The third-order valence-electron chi connectivity index (χ3n) is 3.01. The van der Waals surface area contributed by atoms with Crippen LogP contribution in [0.15, 0.2) is 24.5 Å². The van der Waals surface area contributed by atoms with Crippen molar-refractivity contribution < 1.29 is 4.79 Å². The average Bonchev–Trinajstić information content (AvgIpc) is 2.81. The van der Waals surface area contributed by atoms with E-state index in [1.165, 1.54) is 6.33 Å². The van der Waals surface area contributed by atoms with Crippen molar-refractivity contribution in [2.75, 3.05) is 5.32 Å². The van der Waals surface area contributed by atoms with Gasteiger partial charge in [0, 0.05) is 6.42 Å². The maximum absolute atomic E-state index is 11.9. The van der Waals surface area contributed by atoms with E-state index in [-0.39, 0.29) is 5.91 Å². The van der Waals surface area contributed by atoms with Gasteiger partial charge in [-0.1, -0.05) is 29.3 Å². The van der Waals surface area contributed by atoms with Gasteiger partial charge in [0.15, 0.2) is 11.6 Å². The Morgan fingerprint density at radius 1 is 1.25 bits per heavy atom. The molecule has 3 rings (SSSR count). The molecular formula is C12H11Cl2N5O. The summed E-state index contributed by atoms with van der Waals surface area (Å²) in [6.07, 6.45) is 1.77. The number of aromatic amines is 1. The summed E-state index contributed by atoms with van der Waals surface area (Å²) in [5, 5.41) is 6.60. The molecule has 1 atom stereocenters. The van der Waals surface area contributed by atoms with Crippen molar-refractivity contribution in [3.05, 3.63) is 45.8 Å². The van der Waals surface area contributed by atoms with Crippen molar-refractivity contribution in [2.45, 2.75) is 12.2 Å². The second-order valence-corrected chi connectivity index (χ2v) is 5.42. The third kappa shape index (κ3) is 2.33. The summed E-state index contributed by atoms with van der Waals surface area (Å²) in [5.41, 5.74) is 7.37. The summed E-state index contributed by atoms with van der Waals surface area (Å²) >= 11 is 11.8. The number of rotatable bonds is 2. The van der Waals surface area contributed by atoms with E-state index in [4.69, 9.17) is 28.9 Å². The van der Waals surface area contributed by atoms with Crippen LogP contribution in [-0.4, -0.2) is 21.7 Å². The lowest BCUT2D eigenvalue weighted by Crippen LogP contribution is -2.65. The van der Waals surface area contributed by atoms with Gasteiger partial charge in [-0.15, -0.1) is 0 Å². The molecule has 0 aliphatic carbocycles. The number of aromatic nitrogens is 2. The number of nitrogens with two attached hydrogens (primary N) is 1. The topological polar surface area (TPSA) is 95.8 Å². The lowest BCUT2D eigenvalue weighted by molar-refractivity contribution is 0.0897. The van der Waals surface area contributed by atoms with E-state index in [1.54, 1.807) is 18.2 Å². The summed E-state index contributed by atoms with van der Waals surface area (Å²) in [6, 6.07) is 5.20. The first kappa shape index (κ1) is 13.2. The van der Waals surface area contributed by atoms with E-state index in [1.807, 2.05) is 0 Å². The number of hydrogen-bond donors (Lipinski definition) is 4. The van der Waals surface area contributed by atoms with Crippen LogP contribution in [0.1, 0.15) is 16.1 Å². The predicted molar refractivity (Wildman–Crippen MR) is 76.8 cm³/mol. The van der Waals surface area contributed by atoms with E-state index in [2.05, 4.69) is 20.6 Å². The number of imidazole rings is 1. The molecule has 0 radical (unpaired) electrons. The van der Waals surface area contributed by atoms with Crippen LogP contribution in [0.3, 0.4) is 0 Å². The van der Waals surface area contributed by atoms with Crippen LogP contribution < -0.4 is 16.4 Å². The highest BCUT2D eigenvalue weighted by atomic mass is 35.5. The van der Waals surface area contributed by atoms with Gasteiger partial charge in [0.1, 0.15) is 5.69 Å². The largest absolute Gasteiger partial charge is 0.339 e. The summed E-state index contributed by atoms with van der Waals surface area (Å²) in [4.78, 5) is 18.7. The van der Waals surface area contributed by atoms with E-state index in [0.29, 0.717) is 28.0 Å². The first-order valence-corrected chi connectivity index (χ1v) is 6.59. The fraction of sp³-hybridized carbons (Fsp3) is 0.167. The van der Waals surface area contributed by atoms with Crippen molar-refractivity contribution in [1.82, 2.24) is 15.3 Å². The lowest BCUT2D eigenvalue weighted by atomic mass is 10.1. The van der Waals surface area contributed by atoms with Gasteiger partial charge < -0.3 is 15.6 Å². The van der Waals surface area contributed by atoms with Gasteiger partial charge in [0.2, 0.25) is 0 Å². The molecule has 0 saturated carbocycles. The Labute approximate surface area is 124 Å². The monoisotopic (exact) mass is 311 g/mol. The molecule has 0 bridgehead atoms.